The molecule has 0 saturated carbocycles. The van der Waals surface area contributed by atoms with Crippen LogP contribution in [0.25, 0.3) is 0 Å². The van der Waals surface area contributed by atoms with E-state index in [0.717, 1.165) is 9.90 Å². The highest BCUT2D eigenvalue weighted by Crippen LogP contribution is 2.28. The first kappa shape index (κ1) is 12.0. The van der Waals surface area contributed by atoms with E-state index < -0.39 is 0 Å². The molecule has 0 amide bonds. The van der Waals surface area contributed by atoms with Gasteiger partial charge in [0.2, 0.25) is 0 Å². The van der Waals surface area contributed by atoms with Crippen molar-refractivity contribution in [1.82, 2.24) is 5.32 Å². The van der Waals surface area contributed by atoms with E-state index in [1.165, 1.54) is 0 Å². The van der Waals surface area contributed by atoms with Gasteiger partial charge in [-0.3, -0.25) is 0 Å². The standard InChI is InChI=1S/C10H16ClNOS/c1-7(2)13-6-9(12-3)10-8(11)4-5-14-10/h4-5,7,9,12H,6H2,1-3H3. The predicted molar refractivity (Wildman–Crippen MR) is 62.2 cm³/mol. The molecule has 80 valence electrons. The van der Waals surface area contributed by atoms with Gasteiger partial charge in [-0.05, 0) is 32.3 Å². The Hall–Kier alpha value is -0.0900. The van der Waals surface area contributed by atoms with Crippen LogP contribution in [0.15, 0.2) is 11.4 Å². The van der Waals surface area contributed by atoms with Crippen LogP contribution in [0, 0.1) is 0 Å². The van der Waals surface area contributed by atoms with Gasteiger partial charge in [-0.2, -0.15) is 0 Å². The maximum absolute atomic E-state index is 6.04. The van der Waals surface area contributed by atoms with Crippen molar-refractivity contribution in [2.75, 3.05) is 13.7 Å². The van der Waals surface area contributed by atoms with Gasteiger partial charge in [0.05, 0.1) is 23.8 Å². The van der Waals surface area contributed by atoms with E-state index >= 15 is 0 Å². The van der Waals surface area contributed by atoms with Gasteiger partial charge in [0.25, 0.3) is 0 Å². The highest BCUT2D eigenvalue weighted by molar-refractivity contribution is 7.10. The van der Waals surface area contributed by atoms with E-state index in [2.05, 4.69) is 5.32 Å². The lowest BCUT2D eigenvalue weighted by atomic mass is 10.2. The van der Waals surface area contributed by atoms with Crippen LogP contribution in [0.4, 0.5) is 0 Å². The highest BCUT2D eigenvalue weighted by Gasteiger charge is 2.14. The van der Waals surface area contributed by atoms with Crippen molar-refractivity contribution in [2.24, 2.45) is 0 Å². The molecule has 1 N–H and O–H groups in total. The van der Waals surface area contributed by atoms with Crippen molar-refractivity contribution in [3.63, 3.8) is 0 Å². The molecule has 1 rings (SSSR count). The molecule has 0 radical (unpaired) electrons. The second-order valence-corrected chi connectivity index (χ2v) is 4.71. The van der Waals surface area contributed by atoms with Gasteiger partial charge in [0.1, 0.15) is 0 Å². The van der Waals surface area contributed by atoms with E-state index in [0.29, 0.717) is 6.61 Å². The summed E-state index contributed by atoms with van der Waals surface area (Å²) in [6, 6.07) is 2.12. The maximum Gasteiger partial charge on any atom is 0.0673 e. The molecule has 2 nitrogen and oxygen atoms in total. The molecular formula is C10H16ClNOS. The van der Waals surface area contributed by atoms with Crippen LogP contribution in [0.5, 0.6) is 0 Å². The molecule has 0 saturated heterocycles. The van der Waals surface area contributed by atoms with Crippen LogP contribution in [-0.2, 0) is 4.74 Å². The summed E-state index contributed by atoms with van der Waals surface area (Å²) in [6.07, 6.45) is 0.254. The first-order valence-corrected chi connectivity index (χ1v) is 5.92. The average molecular weight is 234 g/mol. The lowest BCUT2D eigenvalue weighted by Gasteiger charge is -2.17. The molecule has 0 bridgehead atoms. The molecule has 0 aliphatic carbocycles. The average Bonchev–Trinajstić information content (AvgIpc) is 2.53. The second kappa shape index (κ2) is 5.71. The largest absolute Gasteiger partial charge is 0.377 e. The molecule has 1 heterocycles. The molecule has 0 aromatic carbocycles. The molecule has 0 aliphatic rings. The molecule has 0 fully saturated rings. The third kappa shape index (κ3) is 3.24. The zero-order chi connectivity index (χ0) is 10.6. The molecule has 14 heavy (non-hydrogen) atoms. The van der Waals surface area contributed by atoms with Crippen molar-refractivity contribution in [2.45, 2.75) is 26.0 Å². The molecule has 4 heteroatoms. The van der Waals surface area contributed by atoms with E-state index in [4.69, 9.17) is 16.3 Å². The van der Waals surface area contributed by atoms with Crippen LogP contribution in [0.3, 0.4) is 0 Å². The Bertz CT molecular complexity index is 275. The first-order chi connectivity index (χ1) is 6.65. The number of thiophene rings is 1. The van der Waals surface area contributed by atoms with Gasteiger partial charge in [-0.15, -0.1) is 11.3 Å². The number of hydrogen-bond acceptors (Lipinski definition) is 3. The number of ether oxygens (including phenoxy) is 1. The van der Waals surface area contributed by atoms with Crippen molar-refractivity contribution in [3.05, 3.63) is 21.3 Å². The number of nitrogens with one attached hydrogen (secondary N) is 1. The van der Waals surface area contributed by atoms with Crippen molar-refractivity contribution >= 4 is 22.9 Å². The van der Waals surface area contributed by atoms with Crippen molar-refractivity contribution < 1.29 is 4.74 Å². The van der Waals surface area contributed by atoms with Crippen LogP contribution in [0.1, 0.15) is 24.8 Å². The second-order valence-electron chi connectivity index (χ2n) is 3.36. The fourth-order valence-electron chi connectivity index (χ4n) is 1.13. The fourth-order valence-corrected chi connectivity index (χ4v) is 2.42. The third-order valence-corrected chi connectivity index (χ3v) is 3.38. The highest BCUT2D eigenvalue weighted by atomic mass is 35.5. The molecular weight excluding hydrogens is 218 g/mol. The summed E-state index contributed by atoms with van der Waals surface area (Å²) in [6.45, 7) is 4.72. The summed E-state index contributed by atoms with van der Waals surface area (Å²) in [5.41, 5.74) is 0. The van der Waals surface area contributed by atoms with Gasteiger partial charge < -0.3 is 10.1 Å². The molecule has 1 aromatic heterocycles. The maximum atomic E-state index is 6.04. The predicted octanol–water partition coefficient (Wildman–Crippen LogP) is 3.09. The Labute approximate surface area is 94.2 Å². The summed E-state index contributed by atoms with van der Waals surface area (Å²) < 4.78 is 5.56. The van der Waals surface area contributed by atoms with E-state index in [9.17, 15) is 0 Å². The van der Waals surface area contributed by atoms with Crippen molar-refractivity contribution in [1.29, 1.82) is 0 Å². The lowest BCUT2D eigenvalue weighted by molar-refractivity contribution is 0.0632. The molecule has 1 atom stereocenters. The fraction of sp³-hybridized carbons (Fsp3) is 0.600. The summed E-state index contributed by atoms with van der Waals surface area (Å²) in [5, 5.41) is 6.02. The summed E-state index contributed by atoms with van der Waals surface area (Å²) in [4.78, 5) is 1.15. The van der Waals surface area contributed by atoms with E-state index in [-0.39, 0.29) is 12.1 Å². The van der Waals surface area contributed by atoms with Gasteiger partial charge in [0, 0.05) is 4.88 Å². The van der Waals surface area contributed by atoms with Gasteiger partial charge >= 0.3 is 0 Å². The molecule has 1 aromatic rings. The Kier molecular flexibility index (Phi) is 4.89. The smallest absolute Gasteiger partial charge is 0.0673 e. The Morgan fingerprint density at radius 3 is 2.71 bits per heavy atom. The van der Waals surface area contributed by atoms with E-state index in [1.54, 1.807) is 11.3 Å². The summed E-state index contributed by atoms with van der Waals surface area (Å²) in [7, 11) is 1.92. The zero-order valence-corrected chi connectivity index (χ0v) is 10.3. The number of hydrogen-bond donors (Lipinski definition) is 1. The minimum absolute atomic E-state index is 0.199. The van der Waals surface area contributed by atoms with E-state index in [1.807, 2.05) is 32.3 Å². The zero-order valence-electron chi connectivity index (χ0n) is 8.71. The summed E-state index contributed by atoms with van der Waals surface area (Å²) >= 11 is 7.70. The Morgan fingerprint density at radius 2 is 2.29 bits per heavy atom. The van der Waals surface area contributed by atoms with Gasteiger partial charge in [0.15, 0.2) is 0 Å². The SMILES string of the molecule is CNC(COC(C)C)c1sccc1Cl. The Balaban J connectivity index is 2.58. The first-order valence-electron chi connectivity index (χ1n) is 4.67. The number of halogens is 1. The molecule has 0 aliphatic heterocycles. The van der Waals surface area contributed by atoms with Crippen molar-refractivity contribution in [3.8, 4) is 0 Å². The topological polar surface area (TPSA) is 21.3 Å². The lowest BCUT2D eigenvalue weighted by Crippen LogP contribution is -2.22. The van der Waals surface area contributed by atoms with Gasteiger partial charge in [-0.25, -0.2) is 0 Å². The van der Waals surface area contributed by atoms with Crippen LogP contribution >= 0.6 is 22.9 Å². The monoisotopic (exact) mass is 233 g/mol. The summed E-state index contributed by atoms with van der Waals surface area (Å²) in [5.74, 6) is 0. The number of likely N-dealkylation sites (N-methyl/N-ethyl adjacent to an activating group) is 1. The normalized spacial score (nSPS) is 13.5. The molecule has 1 unspecified atom stereocenters. The minimum Gasteiger partial charge on any atom is -0.377 e. The quantitative estimate of drug-likeness (QED) is 0.844. The van der Waals surface area contributed by atoms with Crippen LogP contribution < -0.4 is 5.32 Å². The molecule has 0 spiro atoms. The van der Waals surface area contributed by atoms with Gasteiger partial charge in [-0.1, -0.05) is 11.6 Å². The third-order valence-electron chi connectivity index (χ3n) is 1.91. The van der Waals surface area contributed by atoms with Crippen LogP contribution in [-0.4, -0.2) is 19.8 Å². The number of rotatable bonds is 5. The van der Waals surface area contributed by atoms with Crippen LogP contribution in [0.2, 0.25) is 5.02 Å². The Morgan fingerprint density at radius 1 is 1.57 bits per heavy atom. The minimum atomic E-state index is 0.199.